The molecule has 0 spiro atoms. The fraction of sp³-hybridized carbons (Fsp3) is 0.611. The summed E-state index contributed by atoms with van der Waals surface area (Å²) in [5, 5.41) is 16.6. The zero-order valence-corrected chi connectivity index (χ0v) is 13.2. The number of aliphatic hydroxyl groups excluding tert-OH is 1. The minimum atomic E-state index is -0.502. The number of amides is 2. The molecule has 4 heteroatoms. The number of rotatable bonds is 6. The third-order valence-electron chi connectivity index (χ3n) is 5.40. The van der Waals surface area contributed by atoms with Crippen molar-refractivity contribution < 1.29 is 9.90 Å². The number of hydrogen-bond donors (Lipinski definition) is 3. The molecule has 0 aliphatic heterocycles. The van der Waals surface area contributed by atoms with Crippen LogP contribution in [0.3, 0.4) is 0 Å². The first-order valence-electron chi connectivity index (χ1n) is 8.38. The highest BCUT2D eigenvalue weighted by atomic mass is 16.3. The maximum atomic E-state index is 12.0. The molecule has 2 amide bonds. The van der Waals surface area contributed by atoms with Gasteiger partial charge in [0.05, 0.1) is 6.10 Å². The van der Waals surface area contributed by atoms with Gasteiger partial charge in [-0.25, -0.2) is 4.79 Å². The minimum absolute atomic E-state index is 0.106. The first-order valence-corrected chi connectivity index (χ1v) is 8.38. The molecule has 2 aliphatic rings. The average Bonchev–Trinajstić information content (AvgIpc) is 3.24. The molecule has 120 valence electrons. The van der Waals surface area contributed by atoms with Crippen molar-refractivity contribution >= 4 is 6.03 Å². The summed E-state index contributed by atoms with van der Waals surface area (Å²) < 4.78 is 0. The molecule has 3 N–H and O–H groups in total. The summed E-state index contributed by atoms with van der Waals surface area (Å²) in [4.78, 5) is 12.0. The van der Waals surface area contributed by atoms with Crippen LogP contribution in [0.2, 0.25) is 0 Å². The van der Waals surface area contributed by atoms with Crippen LogP contribution in [0, 0.1) is 11.3 Å². The highest BCUT2D eigenvalue weighted by molar-refractivity contribution is 5.74. The summed E-state index contributed by atoms with van der Waals surface area (Å²) >= 11 is 0. The monoisotopic (exact) mass is 302 g/mol. The van der Waals surface area contributed by atoms with Crippen molar-refractivity contribution in [2.75, 3.05) is 6.54 Å². The molecular weight excluding hydrogens is 276 g/mol. The fourth-order valence-electron chi connectivity index (χ4n) is 3.27. The first kappa shape index (κ1) is 15.3. The Morgan fingerprint density at radius 2 is 2.00 bits per heavy atom. The van der Waals surface area contributed by atoms with Crippen LogP contribution in [0.4, 0.5) is 4.79 Å². The topological polar surface area (TPSA) is 61.4 Å². The molecule has 2 atom stereocenters. The van der Waals surface area contributed by atoms with Gasteiger partial charge in [-0.15, -0.1) is 0 Å². The van der Waals surface area contributed by atoms with Crippen LogP contribution in [-0.2, 0) is 0 Å². The summed E-state index contributed by atoms with van der Waals surface area (Å²) in [6, 6.07) is 9.86. The van der Waals surface area contributed by atoms with Crippen molar-refractivity contribution in [3.63, 3.8) is 0 Å². The molecule has 2 aliphatic carbocycles. The van der Waals surface area contributed by atoms with Crippen LogP contribution in [0.5, 0.6) is 0 Å². The number of nitrogens with one attached hydrogen (secondary N) is 2. The van der Waals surface area contributed by atoms with Gasteiger partial charge in [0, 0.05) is 18.0 Å². The summed E-state index contributed by atoms with van der Waals surface area (Å²) in [5.74, 6) is 0.635. The van der Waals surface area contributed by atoms with E-state index in [1.165, 1.54) is 19.3 Å². The molecule has 0 heterocycles. The lowest BCUT2D eigenvalue weighted by Crippen LogP contribution is -2.47. The number of carbonyl (C=O) groups is 1. The van der Waals surface area contributed by atoms with Gasteiger partial charge in [-0.05, 0) is 44.1 Å². The molecule has 2 fully saturated rings. The van der Waals surface area contributed by atoms with E-state index < -0.39 is 6.10 Å². The Hall–Kier alpha value is -1.55. The second-order valence-electron chi connectivity index (χ2n) is 6.98. The van der Waals surface area contributed by atoms with E-state index in [0.717, 1.165) is 18.4 Å². The minimum Gasteiger partial charge on any atom is -0.388 e. The Balaban J connectivity index is 1.49. The number of carbonyl (C=O) groups excluding carboxylic acids is 1. The average molecular weight is 302 g/mol. The lowest BCUT2D eigenvalue weighted by Gasteiger charge is -2.32. The molecule has 4 nitrogen and oxygen atoms in total. The number of hydrogen-bond acceptors (Lipinski definition) is 2. The van der Waals surface area contributed by atoms with Gasteiger partial charge in [-0.1, -0.05) is 36.8 Å². The lowest BCUT2D eigenvalue weighted by molar-refractivity contribution is 0.0929. The molecule has 0 saturated heterocycles. The van der Waals surface area contributed by atoms with Crippen LogP contribution in [0.15, 0.2) is 30.3 Å². The maximum Gasteiger partial charge on any atom is 0.315 e. The fourth-order valence-corrected chi connectivity index (χ4v) is 3.27. The Morgan fingerprint density at radius 3 is 2.55 bits per heavy atom. The zero-order valence-electron chi connectivity index (χ0n) is 13.2. The second kappa shape index (κ2) is 6.29. The summed E-state index contributed by atoms with van der Waals surface area (Å²) in [5.41, 5.74) is 0.753. The molecule has 2 saturated carbocycles. The van der Waals surface area contributed by atoms with Gasteiger partial charge in [0.15, 0.2) is 0 Å². The van der Waals surface area contributed by atoms with E-state index >= 15 is 0 Å². The van der Waals surface area contributed by atoms with Crippen molar-refractivity contribution in [3.8, 4) is 0 Å². The van der Waals surface area contributed by atoms with Crippen molar-refractivity contribution in [2.45, 2.75) is 51.2 Å². The van der Waals surface area contributed by atoms with E-state index in [1.807, 2.05) is 30.3 Å². The number of aliphatic hydroxyl groups is 1. The SMILES string of the molecule is CC(NC(=O)NCC1(C(O)c2ccccc2)CC1)C1CCC1. The van der Waals surface area contributed by atoms with Gasteiger partial charge in [0.25, 0.3) is 0 Å². The van der Waals surface area contributed by atoms with E-state index in [1.54, 1.807) is 0 Å². The second-order valence-corrected chi connectivity index (χ2v) is 6.98. The predicted molar refractivity (Wildman–Crippen MR) is 86.4 cm³/mol. The molecular formula is C18H26N2O2. The van der Waals surface area contributed by atoms with E-state index in [0.29, 0.717) is 12.5 Å². The van der Waals surface area contributed by atoms with Crippen molar-refractivity contribution in [1.82, 2.24) is 10.6 Å². The van der Waals surface area contributed by atoms with Crippen LogP contribution >= 0.6 is 0 Å². The maximum absolute atomic E-state index is 12.0. The van der Waals surface area contributed by atoms with Crippen molar-refractivity contribution in [3.05, 3.63) is 35.9 Å². The van der Waals surface area contributed by atoms with Crippen molar-refractivity contribution in [1.29, 1.82) is 0 Å². The third kappa shape index (κ3) is 3.27. The summed E-state index contributed by atoms with van der Waals surface area (Å²) in [7, 11) is 0. The van der Waals surface area contributed by atoms with Crippen LogP contribution in [0.1, 0.15) is 50.7 Å². The lowest BCUT2D eigenvalue weighted by atomic mass is 9.80. The van der Waals surface area contributed by atoms with E-state index in [4.69, 9.17) is 0 Å². The molecule has 3 rings (SSSR count). The van der Waals surface area contributed by atoms with Gasteiger partial charge in [-0.2, -0.15) is 0 Å². The molecule has 0 aromatic heterocycles. The highest BCUT2D eigenvalue weighted by Gasteiger charge is 2.49. The molecule has 1 aromatic rings. The molecule has 22 heavy (non-hydrogen) atoms. The Kier molecular flexibility index (Phi) is 4.39. The smallest absolute Gasteiger partial charge is 0.315 e. The van der Waals surface area contributed by atoms with Crippen molar-refractivity contribution in [2.24, 2.45) is 11.3 Å². The number of benzene rings is 1. The van der Waals surface area contributed by atoms with Gasteiger partial charge < -0.3 is 15.7 Å². The Bertz CT molecular complexity index is 509. The Morgan fingerprint density at radius 1 is 1.32 bits per heavy atom. The number of urea groups is 1. The third-order valence-corrected chi connectivity index (χ3v) is 5.40. The Labute approximate surface area is 132 Å². The van der Waals surface area contributed by atoms with Crippen LogP contribution < -0.4 is 10.6 Å². The highest BCUT2D eigenvalue weighted by Crippen LogP contribution is 2.54. The van der Waals surface area contributed by atoms with E-state index in [2.05, 4.69) is 17.6 Å². The first-order chi connectivity index (χ1) is 10.6. The summed E-state index contributed by atoms with van der Waals surface area (Å²) in [6.45, 7) is 2.61. The normalized spacial score (nSPS) is 22.3. The summed E-state index contributed by atoms with van der Waals surface area (Å²) in [6.07, 6.45) is 5.14. The largest absolute Gasteiger partial charge is 0.388 e. The zero-order chi connectivity index (χ0) is 15.6. The molecule has 0 bridgehead atoms. The standard InChI is InChI=1S/C18H26N2O2/c1-13(14-8-5-9-14)20-17(22)19-12-18(10-11-18)16(21)15-6-3-2-4-7-15/h2-4,6-7,13-14,16,21H,5,8-12H2,1H3,(H2,19,20,22). The van der Waals surface area contributed by atoms with Gasteiger partial charge >= 0.3 is 6.03 Å². The quantitative estimate of drug-likeness (QED) is 0.756. The molecule has 2 unspecified atom stereocenters. The van der Waals surface area contributed by atoms with Crippen LogP contribution in [-0.4, -0.2) is 23.7 Å². The van der Waals surface area contributed by atoms with Crippen LogP contribution in [0.25, 0.3) is 0 Å². The van der Waals surface area contributed by atoms with E-state index in [-0.39, 0.29) is 17.5 Å². The molecule has 0 radical (unpaired) electrons. The molecule has 1 aromatic carbocycles. The van der Waals surface area contributed by atoms with E-state index in [9.17, 15) is 9.90 Å². The predicted octanol–water partition coefficient (Wildman–Crippen LogP) is 2.99. The van der Waals surface area contributed by atoms with Gasteiger partial charge in [-0.3, -0.25) is 0 Å². The van der Waals surface area contributed by atoms with Gasteiger partial charge in [0.2, 0.25) is 0 Å². The van der Waals surface area contributed by atoms with Gasteiger partial charge in [0.1, 0.15) is 0 Å².